The molecule has 1 saturated heterocycles. The van der Waals surface area contributed by atoms with Crippen LogP contribution in [0.5, 0.6) is 0 Å². The third kappa shape index (κ3) is 1.27. The molecule has 0 amide bonds. The zero-order valence-electron chi connectivity index (χ0n) is 8.56. The van der Waals surface area contributed by atoms with Gasteiger partial charge in [-0.25, -0.2) is 0 Å². The standard InChI is InChI=1S/C12H14N2O/c15-14-11-6-2-1-5-10(11)9-12(14)13-7-3-4-8-13/h1-2,5-6,9,15H,3-4,7-8H2. The maximum atomic E-state index is 10.0. The molecule has 0 unspecified atom stereocenters. The molecular weight excluding hydrogens is 188 g/mol. The van der Waals surface area contributed by atoms with Crippen molar-refractivity contribution in [3.63, 3.8) is 0 Å². The van der Waals surface area contributed by atoms with E-state index in [2.05, 4.69) is 11.0 Å². The highest BCUT2D eigenvalue weighted by atomic mass is 16.5. The van der Waals surface area contributed by atoms with E-state index in [1.807, 2.05) is 24.3 Å². The van der Waals surface area contributed by atoms with Crippen LogP contribution in [-0.4, -0.2) is 23.0 Å². The molecule has 3 nitrogen and oxygen atoms in total. The third-order valence-corrected chi connectivity index (χ3v) is 3.10. The number of rotatable bonds is 1. The lowest BCUT2D eigenvalue weighted by Crippen LogP contribution is -2.20. The molecule has 1 aliphatic rings. The Hall–Kier alpha value is -1.64. The zero-order valence-corrected chi connectivity index (χ0v) is 8.56. The summed E-state index contributed by atoms with van der Waals surface area (Å²) in [5.41, 5.74) is 0.888. The van der Waals surface area contributed by atoms with Gasteiger partial charge in [0.05, 0.1) is 5.52 Å². The molecule has 0 saturated carbocycles. The molecule has 0 bridgehead atoms. The van der Waals surface area contributed by atoms with E-state index in [4.69, 9.17) is 0 Å². The fourth-order valence-electron chi connectivity index (χ4n) is 2.30. The molecule has 0 spiro atoms. The Labute approximate surface area is 88.5 Å². The number of anilines is 1. The van der Waals surface area contributed by atoms with Crippen molar-refractivity contribution in [3.05, 3.63) is 30.3 Å². The topological polar surface area (TPSA) is 28.4 Å². The van der Waals surface area contributed by atoms with E-state index in [0.29, 0.717) is 0 Å². The predicted octanol–water partition coefficient (Wildman–Crippen LogP) is 2.48. The smallest absolute Gasteiger partial charge is 0.146 e. The van der Waals surface area contributed by atoms with E-state index in [1.54, 1.807) is 0 Å². The van der Waals surface area contributed by atoms with Crippen molar-refractivity contribution in [1.82, 2.24) is 4.73 Å². The van der Waals surface area contributed by atoms with E-state index in [1.165, 1.54) is 17.6 Å². The van der Waals surface area contributed by atoms with Crippen molar-refractivity contribution in [1.29, 1.82) is 0 Å². The second-order valence-electron chi connectivity index (χ2n) is 4.07. The molecule has 0 atom stereocenters. The van der Waals surface area contributed by atoms with Crippen LogP contribution in [0, 0.1) is 0 Å². The van der Waals surface area contributed by atoms with Gasteiger partial charge >= 0.3 is 0 Å². The third-order valence-electron chi connectivity index (χ3n) is 3.10. The summed E-state index contributed by atoms with van der Waals surface area (Å²) in [5, 5.41) is 11.1. The van der Waals surface area contributed by atoms with Crippen LogP contribution in [0.4, 0.5) is 5.82 Å². The van der Waals surface area contributed by atoms with Crippen LogP contribution in [0.25, 0.3) is 10.9 Å². The molecule has 78 valence electrons. The molecule has 2 heterocycles. The largest absolute Gasteiger partial charge is 0.426 e. The highest BCUT2D eigenvalue weighted by Crippen LogP contribution is 2.27. The van der Waals surface area contributed by atoms with Crippen molar-refractivity contribution in [3.8, 4) is 0 Å². The number of hydrogen-bond acceptors (Lipinski definition) is 2. The van der Waals surface area contributed by atoms with Gasteiger partial charge in [-0.15, -0.1) is 0 Å². The molecule has 1 aromatic carbocycles. The molecule has 1 fully saturated rings. The van der Waals surface area contributed by atoms with Crippen LogP contribution < -0.4 is 4.90 Å². The van der Waals surface area contributed by atoms with Gasteiger partial charge in [-0.05, 0) is 25.0 Å². The average Bonchev–Trinajstić information content (AvgIpc) is 2.87. The van der Waals surface area contributed by atoms with Crippen LogP contribution in [0.3, 0.4) is 0 Å². The Kier molecular flexibility index (Phi) is 1.84. The SMILES string of the molecule is On1c(N2CCCC2)cc2ccccc21. The molecule has 2 aromatic rings. The molecule has 1 aliphatic heterocycles. The van der Waals surface area contributed by atoms with Gasteiger partial charge in [0.15, 0.2) is 0 Å². The minimum atomic E-state index is 0.888. The lowest BCUT2D eigenvalue weighted by molar-refractivity contribution is 0.203. The fraction of sp³-hybridized carbons (Fsp3) is 0.333. The highest BCUT2D eigenvalue weighted by molar-refractivity contribution is 5.84. The lowest BCUT2D eigenvalue weighted by atomic mass is 10.2. The van der Waals surface area contributed by atoms with Crippen LogP contribution >= 0.6 is 0 Å². The molecule has 0 aliphatic carbocycles. The van der Waals surface area contributed by atoms with Gasteiger partial charge in [0.2, 0.25) is 0 Å². The van der Waals surface area contributed by atoms with Gasteiger partial charge in [-0.2, -0.15) is 4.73 Å². The Morgan fingerprint density at radius 2 is 1.80 bits per heavy atom. The van der Waals surface area contributed by atoms with E-state index in [9.17, 15) is 5.21 Å². The van der Waals surface area contributed by atoms with Crippen molar-refractivity contribution >= 4 is 16.7 Å². The van der Waals surface area contributed by atoms with Crippen LogP contribution in [0.2, 0.25) is 0 Å². The lowest BCUT2D eigenvalue weighted by Gasteiger charge is -2.16. The van der Waals surface area contributed by atoms with Crippen molar-refractivity contribution < 1.29 is 5.21 Å². The summed E-state index contributed by atoms with van der Waals surface area (Å²) in [6.45, 7) is 2.10. The summed E-state index contributed by atoms with van der Waals surface area (Å²) in [4.78, 5) is 2.24. The Morgan fingerprint density at radius 1 is 1.07 bits per heavy atom. The van der Waals surface area contributed by atoms with Gasteiger partial charge in [-0.3, -0.25) is 0 Å². The molecule has 0 radical (unpaired) electrons. The minimum absolute atomic E-state index is 0.888. The van der Waals surface area contributed by atoms with Gasteiger partial charge in [-0.1, -0.05) is 18.2 Å². The number of para-hydroxylation sites is 1. The van der Waals surface area contributed by atoms with Gasteiger partial charge < -0.3 is 10.1 Å². The first-order valence-corrected chi connectivity index (χ1v) is 5.41. The first kappa shape index (κ1) is 8.65. The van der Waals surface area contributed by atoms with E-state index < -0.39 is 0 Å². The number of aromatic nitrogens is 1. The summed E-state index contributed by atoms with van der Waals surface area (Å²) in [6.07, 6.45) is 2.45. The summed E-state index contributed by atoms with van der Waals surface area (Å²) in [7, 11) is 0. The van der Waals surface area contributed by atoms with Gasteiger partial charge in [0.25, 0.3) is 0 Å². The summed E-state index contributed by atoms with van der Waals surface area (Å²) >= 11 is 0. The zero-order chi connectivity index (χ0) is 10.3. The van der Waals surface area contributed by atoms with Gasteiger partial charge in [0, 0.05) is 18.5 Å². The first-order valence-electron chi connectivity index (χ1n) is 5.41. The quantitative estimate of drug-likeness (QED) is 0.719. The number of fused-ring (bicyclic) bond motifs is 1. The van der Waals surface area contributed by atoms with E-state index >= 15 is 0 Å². The normalized spacial score (nSPS) is 16.4. The number of nitrogens with zero attached hydrogens (tertiary/aromatic N) is 2. The predicted molar refractivity (Wildman–Crippen MR) is 60.6 cm³/mol. The Balaban J connectivity index is 2.14. The second-order valence-corrected chi connectivity index (χ2v) is 4.07. The summed E-state index contributed by atoms with van der Waals surface area (Å²) in [5.74, 6) is 0.925. The summed E-state index contributed by atoms with van der Waals surface area (Å²) < 4.78 is 1.31. The van der Waals surface area contributed by atoms with Gasteiger partial charge in [0.1, 0.15) is 5.82 Å². The fourth-order valence-corrected chi connectivity index (χ4v) is 2.30. The molecule has 15 heavy (non-hydrogen) atoms. The average molecular weight is 202 g/mol. The number of benzene rings is 1. The molecule has 1 aromatic heterocycles. The molecule has 3 rings (SSSR count). The van der Waals surface area contributed by atoms with E-state index in [0.717, 1.165) is 29.8 Å². The minimum Gasteiger partial charge on any atom is -0.426 e. The van der Waals surface area contributed by atoms with Crippen LogP contribution in [0.15, 0.2) is 30.3 Å². The highest BCUT2D eigenvalue weighted by Gasteiger charge is 2.17. The molecular formula is C12H14N2O. The maximum Gasteiger partial charge on any atom is 0.146 e. The molecule has 1 N–H and O–H groups in total. The summed E-state index contributed by atoms with van der Waals surface area (Å²) in [6, 6.07) is 9.97. The Bertz CT molecular complexity index is 483. The van der Waals surface area contributed by atoms with Crippen LogP contribution in [-0.2, 0) is 0 Å². The van der Waals surface area contributed by atoms with E-state index in [-0.39, 0.29) is 0 Å². The second kappa shape index (κ2) is 3.19. The maximum absolute atomic E-state index is 10.0. The number of hydrogen-bond donors (Lipinski definition) is 1. The van der Waals surface area contributed by atoms with Crippen molar-refractivity contribution in [2.24, 2.45) is 0 Å². The molecule has 3 heteroatoms. The van der Waals surface area contributed by atoms with Crippen LogP contribution in [0.1, 0.15) is 12.8 Å². The van der Waals surface area contributed by atoms with Crippen molar-refractivity contribution in [2.45, 2.75) is 12.8 Å². The Morgan fingerprint density at radius 3 is 2.53 bits per heavy atom. The monoisotopic (exact) mass is 202 g/mol. The van der Waals surface area contributed by atoms with Crippen molar-refractivity contribution in [2.75, 3.05) is 18.0 Å². The first-order chi connectivity index (χ1) is 7.36.